The molecule has 4 nitrogen and oxygen atoms in total. The second kappa shape index (κ2) is 3.69. The van der Waals surface area contributed by atoms with Crippen LogP contribution in [-0.4, -0.2) is 20.7 Å². The molecule has 1 heterocycles. The summed E-state index contributed by atoms with van der Waals surface area (Å²) >= 11 is 0. The molecular formula is C8H15N3O. The molecule has 0 spiro atoms. The van der Waals surface area contributed by atoms with Gasteiger partial charge in [0.05, 0.1) is 18.2 Å². The van der Waals surface area contributed by atoms with Gasteiger partial charge in [0.25, 0.3) is 0 Å². The zero-order valence-corrected chi connectivity index (χ0v) is 7.44. The van der Waals surface area contributed by atoms with Crippen molar-refractivity contribution in [3.8, 4) is 0 Å². The van der Waals surface area contributed by atoms with E-state index in [2.05, 4.69) is 4.98 Å². The minimum atomic E-state index is -0.609. The molecule has 0 aromatic carbocycles. The number of nitrogens with two attached hydrogens (primary N) is 1. The summed E-state index contributed by atoms with van der Waals surface area (Å²) in [7, 11) is 1.84. The summed E-state index contributed by atoms with van der Waals surface area (Å²) in [5, 5.41) is 9.67. The third kappa shape index (κ3) is 1.65. The molecule has 0 unspecified atom stereocenters. The predicted octanol–water partition coefficient (Wildman–Crippen LogP) is 0.191. The first-order valence-electron chi connectivity index (χ1n) is 4.06. The van der Waals surface area contributed by atoms with Gasteiger partial charge in [-0.2, -0.15) is 0 Å². The van der Waals surface area contributed by atoms with Crippen LogP contribution in [0.3, 0.4) is 0 Å². The van der Waals surface area contributed by atoms with Crippen LogP contribution in [0.4, 0.5) is 0 Å². The molecule has 1 aromatic heterocycles. The van der Waals surface area contributed by atoms with Crippen molar-refractivity contribution in [2.75, 3.05) is 0 Å². The lowest BCUT2D eigenvalue weighted by Crippen LogP contribution is -2.28. The van der Waals surface area contributed by atoms with E-state index in [0.29, 0.717) is 0 Å². The van der Waals surface area contributed by atoms with Gasteiger partial charge in [-0.1, -0.05) is 6.92 Å². The monoisotopic (exact) mass is 169 g/mol. The number of hydrogen-bond acceptors (Lipinski definition) is 3. The van der Waals surface area contributed by atoms with Crippen LogP contribution < -0.4 is 5.73 Å². The van der Waals surface area contributed by atoms with Gasteiger partial charge < -0.3 is 15.4 Å². The van der Waals surface area contributed by atoms with Crippen LogP contribution in [0.15, 0.2) is 12.5 Å². The van der Waals surface area contributed by atoms with Crippen molar-refractivity contribution in [2.45, 2.75) is 25.5 Å². The van der Waals surface area contributed by atoms with E-state index in [1.54, 1.807) is 17.1 Å². The third-order valence-corrected chi connectivity index (χ3v) is 2.03. The summed E-state index contributed by atoms with van der Waals surface area (Å²) in [6, 6.07) is -0.208. The van der Waals surface area contributed by atoms with Crippen molar-refractivity contribution in [2.24, 2.45) is 12.8 Å². The second-order valence-electron chi connectivity index (χ2n) is 2.95. The molecule has 0 radical (unpaired) electrons. The molecule has 0 amide bonds. The Morgan fingerprint density at radius 3 is 2.83 bits per heavy atom. The van der Waals surface area contributed by atoms with Gasteiger partial charge in [0, 0.05) is 13.1 Å². The first-order chi connectivity index (χ1) is 5.66. The maximum atomic E-state index is 9.67. The highest BCUT2D eigenvalue weighted by Crippen LogP contribution is 2.15. The molecule has 0 saturated heterocycles. The first kappa shape index (κ1) is 9.22. The lowest BCUT2D eigenvalue weighted by atomic mass is 10.1. The molecule has 3 N–H and O–H groups in total. The van der Waals surface area contributed by atoms with Crippen molar-refractivity contribution in [1.82, 2.24) is 9.55 Å². The Balaban J connectivity index is 2.77. The normalized spacial score (nSPS) is 16.0. The summed E-state index contributed by atoms with van der Waals surface area (Å²) in [4.78, 5) is 3.91. The van der Waals surface area contributed by atoms with Gasteiger partial charge in [0.2, 0.25) is 0 Å². The van der Waals surface area contributed by atoms with Gasteiger partial charge >= 0.3 is 0 Å². The predicted molar refractivity (Wildman–Crippen MR) is 46.4 cm³/mol. The van der Waals surface area contributed by atoms with Crippen molar-refractivity contribution in [3.05, 3.63) is 18.2 Å². The number of hydrogen-bond donors (Lipinski definition) is 2. The molecule has 0 aliphatic carbocycles. The largest absolute Gasteiger partial charge is 0.385 e. The Labute approximate surface area is 72.0 Å². The van der Waals surface area contributed by atoms with Crippen molar-refractivity contribution < 1.29 is 5.11 Å². The third-order valence-electron chi connectivity index (χ3n) is 2.03. The van der Waals surface area contributed by atoms with E-state index in [0.717, 1.165) is 12.1 Å². The van der Waals surface area contributed by atoms with Gasteiger partial charge in [-0.05, 0) is 6.42 Å². The number of aryl methyl sites for hydroxylation is 1. The van der Waals surface area contributed by atoms with Gasteiger partial charge in [-0.3, -0.25) is 0 Å². The molecule has 0 aliphatic rings. The Bertz CT molecular complexity index is 246. The molecule has 12 heavy (non-hydrogen) atoms. The minimum Gasteiger partial charge on any atom is -0.385 e. The van der Waals surface area contributed by atoms with Crippen LogP contribution in [0.25, 0.3) is 0 Å². The lowest BCUT2D eigenvalue weighted by Gasteiger charge is -2.16. The van der Waals surface area contributed by atoms with Gasteiger partial charge in [-0.15, -0.1) is 0 Å². The summed E-state index contributed by atoms with van der Waals surface area (Å²) in [6.07, 6.45) is 3.44. The van der Waals surface area contributed by atoms with Gasteiger partial charge in [0.1, 0.15) is 6.10 Å². The standard InChI is InChI=1S/C8H15N3O/c1-3-6(9)8(12)7-4-10-5-11(7)2/h4-6,8,12H,3,9H2,1-2H3/t6-,8+/m0/s1. The fourth-order valence-corrected chi connectivity index (χ4v) is 1.10. The highest BCUT2D eigenvalue weighted by atomic mass is 16.3. The number of imidazole rings is 1. The number of nitrogens with zero attached hydrogens (tertiary/aromatic N) is 2. The smallest absolute Gasteiger partial charge is 0.111 e. The summed E-state index contributed by atoms with van der Waals surface area (Å²) < 4.78 is 1.78. The molecule has 0 saturated carbocycles. The Kier molecular flexibility index (Phi) is 2.83. The quantitative estimate of drug-likeness (QED) is 0.679. The average Bonchev–Trinajstić information content (AvgIpc) is 2.48. The summed E-state index contributed by atoms with van der Waals surface area (Å²) in [5.41, 5.74) is 6.45. The van der Waals surface area contributed by atoms with E-state index in [4.69, 9.17) is 5.73 Å². The maximum Gasteiger partial charge on any atom is 0.111 e. The van der Waals surface area contributed by atoms with Crippen LogP contribution in [0.5, 0.6) is 0 Å². The van der Waals surface area contributed by atoms with E-state index >= 15 is 0 Å². The molecular weight excluding hydrogens is 154 g/mol. The van der Waals surface area contributed by atoms with Crippen LogP contribution in [0.1, 0.15) is 25.1 Å². The van der Waals surface area contributed by atoms with Crippen LogP contribution in [0, 0.1) is 0 Å². The lowest BCUT2D eigenvalue weighted by molar-refractivity contribution is 0.137. The van der Waals surface area contributed by atoms with Crippen molar-refractivity contribution in [1.29, 1.82) is 0 Å². The molecule has 68 valence electrons. The van der Waals surface area contributed by atoms with Crippen LogP contribution in [0.2, 0.25) is 0 Å². The van der Waals surface area contributed by atoms with E-state index in [9.17, 15) is 5.11 Å². The van der Waals surface area contributed by atoms with E-state index in [1.165, 1.54) is 0 Å². The summed E-state index contributed by atoms with van der Waals surface area (Å²) in [6.45, 7) is 1.95. The molecule has 2 atom stereocenters. The minimum absolute atomic E-state index is 0.208. The molecule has 0 bridgehead atoms. The molecule has 1 rings (SSSR count). The van der Waals surface area contributed by atoms with Gasteiger partial charge in [-0.25, -0.2) is 4.98 Å². The zero-order chi connectivity index (χ0) is 9.14. The zero-order valence-electron chi connectivity index (χ0n) is 7.44. The Morgan fingerprint density at radius 1 is 1.75 bits per heavy atom. The molecule has 1 aromatic rings. The van der Waals surface area contributed by atoms with Crippen molar-refractivity contribution >= 4 is 0 Å². The second-order valence-corrected chi connectivity index (χ2v) is 2.95. The van der Waals surface area contributed by atoms with Crippen LogP contribution in [-0.2, 0) is 7.05 Å². The fourth-order valence-electron chi connectivity index (χ4n) is 1.10. The highest BCUT2D eigenvalue weighted by Gasteiger charge is 2.17. The Morgan fingerprint density at radius 2 is 2.42 bits per heavy atom. The van der Waals surface area contributed by atoms with Crippen molar-refractivity contribution in [3.63, 3.8) is 0 Å². The maximum absolute atomic E-state index is 9.67. The summed E-state index contributed by atoms with van der Waals surface area (Å²) in [5.74, 6) is 0. The van der Waals surface area contributed by atoms with E-state index in [1.807, 2.05) is 14.0 Å². The Hall–Kier alpha value is -0.870. The number of aromatic nitrogens is 2. The number of aliphatic hydroxyl groups excluding tert-OH is 1. The van der Waals surface area contributed by atoms with E-state index < -0.39 is 6.10 Å². The number of rotatable bonds is 3. The SMILES string of the molecule is CC[C@H](N)[C@@H](O)c1cncn1C. The van der Waals surface area contributed by atoms with Crippen LogP contribution >= 0.6 is 0 Å². The molecule has 0 fully saturated rings. The average molecular weight is 169 g/mol. The topological polar surface area (TPSA) is 64.1 Å². The van der Waals surface area contributed by atoms with Gasteiger partial charge in [0.15, 0.2) is 0 Å². The fraction of sp³-hybridized carbons (Fsp3) is 0.625. The first-order valence-corrected chi connectivity index (χ1v) is 4.06. The van der Waals surface area contributed by atoms with E-state index in [-0.39, 0.29) is 6.04 Å². The highest BCUT2D eigenvalue weighted by molar-refractivity contribution is 5.04. The molecule has 4 heteroatoms. The molecule has 0 aliphatic heterocycles. The number of aliphatic hydroxyl groups is 1.